The van der Waals surface area contributed by atoms with E-state index in [1.807, 2.05) is 37.4 Å². The lowest BCUT2D eigenvalue weighted by Crippen LogP contribution is -2.20. The number of aryl methyl sites for hydroxylation is 1. The van der Waals surface area contributed by atoms with Crippen LogP contribution in [0.5, 0.6) is 5.75 Å². The van der Waals surface area contributed by atoms with Gasteiger partial charge in [-0.05, 0) is 61.2 Å². The average molecular weight is 480 g/mol. The molecule has 0 spiro atoms. The predicted molar refractivity (Wildman–Crippen MR) is 124 cm³/mol. The molecule has 0 atom stereocenters. The van der Waals surface area contributed by atoms with Gasteiger partial charge in [0.2, 0.25) is 5.43 Å². The van der Waals surface area contributed by atoms with Crippen LogP contribution in [0, 0.1) is 6.92 Å². The number of aliphatic imine (C=N–C) groups is 1. The summed E-state index contributed by atoms with van der Waals surface area (Å²) in [5, 5.41) is 8.64. The molecule has 2 aromatic carbocycles. The van der Waals surface area contributed by atoms with E-state index in [9.17, 15) is 18.0 Å². The van der Waals surface area contributed by atoms with Crippen molar-refractivity contribution in [3.63, 3.8) is 0 Å². The van der Waals surface area contributed by atoms with Crippen molar-refractivity contribution in [2.24, 2.45) is 10.7 Å². The summed E-state index contributed by atoms with van der Waals surface area (Å²) in [6, 6.07) is 13.8. The maximum absolute atomic E-state index is 12.6. The van der Waals surface area contributed by atoms with Crippen molar-refractivity contribution in [1.82, 2.24) is 19.6 Å². The summed E-state index contributed by atoms with van der Waals surface area (Å²) >= 11 is 0. The highest BCUT2D eigenvalue weighted by Crippen LogP contribution is 2.26. The number of nitrogens with two attached hydrogens (primary N) is 1. The van der Waals surface area contributed by atoms with Crippen LogP contribution in [-0.2, 0) is 0 Å². The SMILES string of the molecule is Cc1cc(-n2cccn2)ccc1-n1ccc(=O)c(C(C=CN)=Nc2cccc(OC(F)(F)F)c2)n1. The third-order valence-electron chi connectivity index (χ3n) is 4.80. The number of allylic oxidation sites excluding steroid dienone is 1. The topological polar surface area (TPSA) is 100 Å². The van der Waals surface area contributed by atoms with E-state index >= 15 is 0 Å². The summed E-state index contributed by atoms with van der Waals surface area (Å²) < 4.78 is 44.9. The summed E-state index contributed by atoms with van der Waals surface area (Å²) in [7, 11) is 0. The molecule has 0 saturated heterocycles. The van der Waals surface area contributed by atoms with Crippen molar-refractivity contribution < 1.29 is 17.9 Å². The van der Waals surface area contributed by atoms with Crippen LogP contribution in [0.15, 0.2) is 95.3 Å². The molecule has 2 aromatic heterocycles. The first-order chi connectivity index (χ1) is 16.7. The summed E-state index contributed by atoms with van der Waals surface area (Å²) in [5.41, 5.74) is 7.69. The quantitative estimate of drug-likeness (QED) is 0.417. The molecule has 0 radical (unpaired) electrons. The maximum Gasteiger partial charge on any atom is 0.573 e. The van der Waals surface area contributed by atoms with Gasteiger partial charge in [-0.3, -0.25) is 4.79 Å². The Morgan fingerprint density at radius 1 is 1.09 bits per heavy atom. The number of benzene rings is 2. The number of halogens is 3. The molecule has 178 valence electrons. The minimum atomic E-state index is -4.85. The van der Waals surface area contributed by atoms with Gasteiger partial charge in [-0.15, -0.1) is 13.2 Å². The van der Waals surface area contributed by atoms with Gasteiger partial charge in [-0.1, -0.05) is 6.07 Å². The van der Waals surface area contributed by atoms with E-state index in [2.05, 4.69) is 19.9 Å². The molecule has 0 aliphatic carbocycles. The van der Waals surface area contributed by atoms with Gasteiger partial charge in [0, 0.05) is 30.7 Å². The number of hydrogen-bond acceptors (Lipinski definition) is 6. The molecule has 0 unspecified atom stereocenters. The van der Waals surface area contributed by atoms with Crippen molar-refractivity contribution in [3.8, 4) is 17.1 Å². The number of rotatable bonds is 6. The van der Waals surface area contributed by atoms with Gasteiger partial charge in [-0.2, -0.15) is 10.2 Å². The van der Waals surface area contributed by atoms with Crippen molar-refractivity contribution in [2.45, 2.75) is 13.3 Å². The summed E-state index contributed by atoms with van der Waals surface area (Å²) in [6.45, 7) is 1.89. The highest BCUT2D eigenvalue weighted by atomic mass is 19.4. The van der Waals surface area contributed by atoms with Crippen LogP contribution in [0.25, 0.3) is 11.4 Å². The second kappa shape index (κ2) is 9.67. The highest BCUT2D eigenvalue weighted by Gasteiger charge is 2.31. The zero-order valence-electron chi connectivity index (χ0n) is 18.3. The first kappa shape index (κ1) is 23.5. The molecule has 8 nitrogen and oxygen atoms in total. The molecule has 0 saturated carbocycles. The Morgan fingerprint density at radius 2 is 1.91 bits per heavy atom. The number of aromatic nitrogens is 4. The normalized spacial score (nSPS) is 12.3. The lowest BCUT2D eigenvalue weighted by atomic mass is 10.1. The Bertz CT molecular complexity index is 1460. The number of alkyl halides is 3. The van der Waals surface area contributed by atoms with E-state index in [1.54, 1.807) is 10.9 Å². The lowest BCUT2D eigenvalue weighted by molar-refractivity contribution is -0.274. The molecular formula is C24H19F3N6O2. The fourth-order valence-corrected chi connectivity index (χ4v) is 3.33. The Kier molecular flexibility index (Phi) is 6.49. The van der Waals surface area contributed by atoms with Crippen molar-refractivity contribution >= 4 is 11.4 Å². The second-order valence-electron chi connectivity index (χ2n) is 7.30. The van der Waals surface area contributed by atoms with Crippen LogP contribution in [0.3, 0.4) is 0 Å². The minimum Gasteiger partial charge on any atom is -0.406 e. The minimum absolute atomic E-state index is 0.0353. The molecule has 0 aliphatic rings. The number of nitrogens with zero attached hydrogens (tertiary/aromatic N) is 5. The van der Waals surface area contributed by atoms with Gasteiger partial charge in [0.1, 0.15) is 5.75 Å². The Hall–Kier alpha value is -4.67. The van der Waals surface area contributed by atoms with Crippen LogP contribution in [0.4, 0.5) is 18.9 Å². The molecular weight excluding hydrogens is 461 g/mol. The van der Waals surface area contributed by atoms with Crippen molar-refractivity contribution in [1.29, 1.82) is 0 Å². The van der Waals surface area contributed by atoms with Gasteiger partial charge in [0.05, 0.1) is 22.8 Å². The summed E-state index contributed by atoms with van der Waals surface area (Å²) in [6.07, 6.45) is 2.68. The molecule has 0 amide bonds. The molecule has 0 aliphatic heterocycles. The third-order valence-corrected chi connectivity index (χ3v) is 4.80. The largest absolute Gasteiger partial charge is 0.573 e. The van der Waals surface area contributed by atoms with Gasteiger partial charge in [-0.25, -0.2) is 14.4 Å². The Morgan fingerprint density at radius 3 is 2.60 bits per heavy atom. The average Bonchev–Trinajstić information content (AvgIpc) is 3.34. The fraction of sp³-hybridized carbons (Fsp3) is 0.0833. The van der Waals surface area contributed by atoms with Crippen LogP contribution >= 0.6 is 0 Å². The summed E-state index contributed by atoms with van der Waals surface area (Å²) in [5.74, 6) is -0.443. The molecule has 4 rings (SSSR count). The molecule has 4 aromatic rings. The predicted octanol–water partition coefficient (Wildman–Crippen LogP) is 4.22. The Balaban J connectivity index is 1.74. The van der Waals surface area contributed by atoms with E-state index < -0.39 is 17.5 Å². The molecule has 0 fully saturated rings. The highest BCUT2D eigenvalue weighted by molar-refractivity contribution is 6.08. The van der Waals surface area contributed by atoms with E-state index in [0.29, 0.717) is 5.69 Å². The van der Waals surface area contributed by atoms with Crippen LogP contribution < -0.4 is 15.9 Å². The van der Waals surface area contributed by atoms with Crippen molar-refractivity contribution in [2.75, 3.05) is 0 Å². The van der Waals surface area contributed by atoms with Crippen LogP contribution in [0.1, 0.15) is 11.3 Å². The fourth-order valence-electron chi connectivity index (χ4n) is 3.33. The smallest absolute Gasteiger partial charge is 0.406 e. The number of hydrogen-bond donors (Lipinski definition) is 1. The van der Waals surface area contributed by atoms with E-state index in [0.717, 1.165) is 29.6 Å². The maximum atomic E-state index is 12.6. The summed E-state index contributed by atoms with van der Waals surface area (Å²) in [4.78, 5) is 16.9. The van der Waals surface area contributed by atoms with Crippen LogP contribution in [-0.4, -0.2) is 31.6 Å². The standard InChI is InChI=1S/C24H19F3N6O2/c1-16-14-18(32-12-3-11-29-32)6-7-21(16)33-13-9-22(34)23(31-33)20(8-10-28)30-17-4-2-5-19(15-17)35-24(25,26)27/h2-15H,28H2,1H3. The zero-order valence-corrected chi connectivity index (χ0v) is 18.3. The van der Waals surface area contributed by atoms with Gasteiger partial charge in [0.15, 0.2) is 5.69 Å². The zero-order chi connectivity index (χ0) is 25.0. The number of ether oxygens (including phenoxy) is 1. The second-order valence-corrected chi connectivity index (χ2v) is 7.30. The monoisotopic (exact) mass is 480 g/mol. The molecule has 2 heterocycles. The molecule has 0 bridgehead atoms. The van der Waals surface area contributed by atoms with Gasteiger partial charge >= 0.3 is 6.36 Å². The third kappa shape index (κ3) is 5.64. The first-order valence-corrected chi connectivity index (χ1v) is 10.3. The van der Waals surface area contributed by atoms with E-state index in [4.69, 9.17) is 5.73 Å². The molecule has 11 heteroatoms. The van der Waals surface area contributed by atoms with E-state index in [1.165, 1.54) is 35.2 Å². The first-order valence-electron chi connectivity index (χ1n) is 10.3. The van der Waals surface area contributed by atoms with E-state index in [-0.39, 0.29) is 17.1 Å². The van der Waals surface area contributed by atoms with Gasteiger partial charge < -0.3 is 10.5 Å². The Labute approximate surface area is 197 Å². The lowest BCUT2D eigenvalue weighted by Gasteiger charge is -2.12. The van der Waals surface area contributed by atoms with Crippen molar-refractivity contribution in [3.05, 3.63) is 107 Å². The molecule has 35 heavy (non-hydrogen) atoms. The van der Waals surface area contributed by atoms with Crippen LogP contribution in [0.2, 0.25) is 0 Å². The molecule has 2 N–H and O–H groups in total. The van der Waals surface area contributed by atoms with Gasteiger partial charge in [0.25, 0.3) is 0 Å².